The second-order valence-electron chi connectivity index (χ2n) is 6.64. The molecule has 23 heavy (non-hydrogen) atoms. The summed E-state index contributed by atoms with van der Waals surface area (Å²) in [7, 11) is 0. The van der Waals surface area contributed by atoms with Gasteiger partial charge < -0.3 is 10.6 Å². The highest BCUT2D eigenvalue weighted by molar-refractivity contribution is 5.85. The van der Waals surface area contributed by atoms with Gasteiger partial charge in [-0.1, -0.05) is 37.3 Å². The summed E-state index contributed by atoms with van der Waals surface area (Å²) in [6.07, 6.45) is 10.7. The number of hydrogen-bond acceptors (Lipinski definition) is 4. The van der Waals surface area contributed by atoms with E-state index in [2.05, 4.69) is 27.1 Å². The van der Waals surface area contributed by atoms with Crippen molar-refractivity contribution in [2.45, 2.75) is 64.0 Å². The van der Waals surface area contributed by atoms with E-state index < -0.39 is 0 Å². The Bertz CT molecular complexity index is 500. The highest BCUT2D eigenvalue weighted by Crippen LogP contribution is 2.26. The van der Waals surface area contributed by atoms with Crippen molar-refractivity contribution in [3.8, 4) is 0 Å². The molecule has 7 heteroatoms. The maximum atomic E-state index is 11.9. The van der Waals surface area contributed by atoms with Crippen molar-refractivity contribution >= 4 is 18.3 Å². The number of hydrogen-bond donors (Lipinski definition) is 2. The monoisotopic (exact) mass is 341 g/mol. The fourth-order valence-electron chi connectivity index (χ4n) is 3.69. The molecular weight excluding hydrogens is 314 g/mol. The van der Waals surface area contributed by atoms with E-state index in [4.69, 9.17) is 0 Å². The third kappa shape index (κ3) is 4.67. The summed E-state index contributed by atoms with van der Waals surface area (Å²) < 4.78 is 1.95. The zero-order valence-corrected chi connectivity index (χ0v) is 14.6. The lowest BCUT2D eigenvalue weighted by atomic mass is 9.86. The minimum Gasteiger partial charge on any atom is -0.355 e. The van der Waals surface area contributed by atoms with Gasteiger partial charge in [0, 0.05) is 19.3 Å². The zero-order chi connectivity index (χ0) is 15.4. The fourth-order valence-corrected chi connectivity index (χ4v) is 3.69. The first-order chi connectivity index (χ1) is 10.8. The summed E-state index contributed by atoms with van der Waals surface area (Å²) in [4.78, 5) is 11.9. The molecule has 2 N–H and O–H groups in total. The normalized spacial score (nSPS) is 25.1. The molecule has 130 valence electrons. The minimum atomic E-state index is -0.101. The van der Waals surface area contributed by atoms with Crippen molar-refractivity contribution < 1.29 is 4.79 Å². The Morgan fingerprint density at radius 1 is 1.39 bits per heavy atom. The lowest BCUT2D eigenvalue weighted by Crippen LogP contribution is -2.40. The molecule has 0 spiro atoms. The summed E-state index contributed by atoms with van der Waals surface area (Å²) in [6, 6.07) is 0.135. The molecule has 6 nitrogen and oxygen atoms in total. The molecule has 2 heterocycles. The fraction of sp³-hybridized carbons (Fsp3) is 0.812. The molecule has 0 unspecified atom stereocenters. The molecule has 3 rings (SSSR count). The molecule has 1 aliphatic heterocycles. The van der Waals surface area contributed by atoms with Crippen LogP contribution in [0.1, 0.15) is 57.2 Å². The highest BCUT2D eigenvalue weighted by Gasteiger charge is 2.30. The SMILES string of the molecule is CCNC(=O)[C@@H]1C[C@H](n2cc(CC3CCCCC3)nn2)CN1.Cl. The Morgan fingerprint density at radius 2 is 2.17 bits per heavy atom. The van der Waals surface area contributed by atoms with E-state index in [0.717, 1.165) is 31.0 Å². The third-order valence-corrected chi connectivity index (χ3v) is 4.93. The molecule has 0 aromatic carbocycles. The Morgan fingerprint density at radius 3 is 2.91 bits per heavy atom. The van der Waals surface area contributed by atoms with Crippen LogP contribution in [0, 0.1) is 5.92 Å². The first-order valence-corrected chi connectivity index (χ1v) is 8.68. The minimum absolute atomic E-state index is 0. The van der Waals surface area contributed by atoms with Crippen molar-refractivity contribution in [2.75, 3.05) is 13.1 Å². The Labute approximate surface area is 144 Å². The first kappa shape index (κ1) is 18.2. The van der Waals surface area contributed by atoms with Gasteiger partial charge in [-0.15, -0.1) is 17.5 Å². The maximum absolute atomic E-state index is 11.9. The summed E-state index contributed by atoms with van der Waals surface area (Å²) in [5.74, 6) is 0.872. The average Bonchev–Trinajstić information content (AvgIpc) is 3.17. The Hall–Kier alpha value is -1.14. The van der Waals surface area contributed by atoms with Gasteiger partial charge in [-0.3, -0.25) is 4.79 Å². The van der Waals surface area contributed by atoms with Gasteiger partial charge in [0.1, 0.15) is 0 Å². The van der Waals surface area contributed by atoms with Crippen LogP contribution >= 0.6 is 12.4 Å². The Balaban J connectivity index is 0.00000192. The second-order valence-corrected chi connectivity index (χ2v) is 6.64. The lowest BCUT2D eigenvalue weighted by Gasteiger charge is -2.20. The van der Waals surface area contributed by atoms with E-state index in [1.165, 1.54) is 32.1 Å². The number of rotatable bonds is 5. The van der Waals surface area contributed by atoms with Gasteiger partial charge in [0.05, 0.1) is 17.8 Å². The van der Waals surface area contributed by atoms with Crippen LogP contribution in [0.15, 0.2) is 6.20 Å². The number of carbonyl (C=O) groups is 1. The molecule has 2 aliphatic rings. The van der Waals surface area contributed by atoms with Gasteiger partial charge in [-0.25, -0.2) is 4.68 Å². The van der Waals surface area contributed by atoms with E-state index in [1.54, 1.807) is 0 Å². The molecule has 1 amide bonds. The van der Waals surface area contributed by atoms with E-state index in [0.29, 0.717) is 6.54 Å². The summed E-state index contributed by atoms with van der Waals surface area (Å²) in [6.45, 7) is 3.41. The summed E-state index contributed by atoms with van der Waals surface area (Å²) in [5.41, 5.74) is 1.10. The van der Waals surface area contributed by atoms with Gasteiger partial charge in [0.2, 0.25) is 5.91 Å². The van der Waals surface area contributed by atoms with Crippen LogP contribution in [0.4, 0.5) is 0 Å². The predicted octanol–water partition coefficient (Wildman–Crippen LogP) is 1.86. The predicted molar refractivity (Wildman–Crippen MR) is 91.7 cm³/mol. The van der Waals surface area contributed by atoms with Crippen LogP contribution in [0.3, 0.4) is 0 Å². The topological polar surface area (TPSA) is 71.8 Å². The van der Waals surface area contributed by atoms with Crippen LogP contribution in [0.2, 0.25) is 0 Å². The first-order valence-electron chi connectivity index (χ1n) is 8.68. The number of nitrogens with zero attached hydrogens (tertiary/aromatic N) is 3. The van der Waals surface area contributed by atoms with Crippen molar-refractivity contribution in [3.05, 3.63) is 11.9 Å². The average molecular weight is 342 g/mol. The van der Waals surface area contributed by atoms with Crippen LogP contribution in [-0.2, 0) is 11.2 Å². The molecule has 0 radical (unpaired) electrons. The molecule has 1 aromatic rings. The number of halogens is 1. The maximum Gasteiger partial charge on any atom is 0.237 e. The number of nitrogens with one attached hydrogen (secondary N) is 2. The second kappa shape index (κ2) is 8.64. The Kier molecular flexibility index (Phi) is 6.84. The van der Waals surface area contributed by atoms with E-state index in [1.807, 2.05) is 11.6 Å². The molecule has 0 bridgehead atoms. The van der Waals surface area contributed by atoms with Gasteiger partial charge in [0.25, 0.3) is 0 Å². The molecule has 2 fully saturated rings. The summed E-state index contributed by atoms with van der Waals surface area (Å²) >= 11 is 0. The van der Waals surface area contributed by atoms with Gasteiger partial charge in [-0.2, -0.15) is 0 Å². The number of likely N-dealkylation sites (N-methyl/N-ethyl adjacent to an activating group) is 1. The lowest BCUT2D eigenvalue weighted by molar-refractivity contribution is -0.122. The van der Waals surface area contributed by atoms with E-state index >= 15 is 0 Å². The van der Waals surface area contributed by atoms with E-state index in [9.17, 15) is 4.79 Å². The standard InChI is InChI=1S/C16H27N5O.ClH/c1-2-17-16(22)15-9-14(10-18-15)21-11-13(19-20-21)8-12-6-4-3-5-7-12;/h11-12,14-15,18H,2-10H2,1H3,(H,17,22);1H/t14-,15-;/m0./s1. The molecule has 1 saturated heterocycles. The van der Waals surface area contributed by atoms with Crippen molar-refractivity contribution in [3.63, 3.8) is 0 Å². The molecular formula is C16H28ClN5O. The molecule has 1 aromatic heterocycles. The van der Waals surface area contributed by atoms with Crippen molar-refractivity contribution in [1.82, 2.24) is 25.6 Å². The summed E-state index contributed by atoms with van der Waals surface area (Å²) in [5, 5.41) is 14.8. The van der Waals surface area contributed by atoms with Crippen LogP contribution in [0.25, 0.3) is 0 Å². The van der Waals surface area contributed by atoms with Crippen LogP contribution < -0.4 is 10.6 Å². The molecule has 2 atom stereocenters. The van der Waals surface area contributed by atoms with Gasteiger partial charge in [0.15, 0.2) is 0 Å². The van der Waals surface area contributed by atoms with Gasteiger partial charge in [-0.05, 0) is 25.7 Å². The quantitative estimate of drug-likeness (QED) is 0.857. The number of carbonyl (C=O) groups excluding carboxylic acids is 1. The molecule has 1 aliphatic carbocycles. The third-order valence-electron chi connectivity index (χ3n) is 4.93. The number of amides is 1. The number of aromatic nitrogens is 3. The highest BCUT2D eigenvalue weighted by atomic mass is 35.5. The van der Waals surface area contributed by atoms with E-state index in [-0.39, 0.29) is 30.4 Å². The van der Waals surface area contributed by atoms with Gasteiger partial charge >= 0.3 is 0 Å². The molecule has 1 saturated carbocycles. The van der Waals surface area contributed by atoms with Crippen molar-refractivity contribution in [1.29, 1.82) is 0 Å². The van der Waals surface area contributed by atoms with Crippen LogP contribution in [0.5, 0.6) is 0 Å². The largest absolute Gasteiger partial charge is 0.355 e. The van der Waals surface area contributed by atoms with Crippen LogP contribution in [-0.4, -0.2) is 40.0 Å². The van der Waals surface area contributed by atoms with Crippen molar-refractivity contribution in [2.24, 2.45) is 5.92 Å². The smallest absolute Gasteiger partial charge is 0.237 e. The zero-order valence-electron chi connectivity index (χ0n) is 13.8.